The van der Waals surface area contributed by atoms with Crippen molar-refractivity contribution in [3.63, 3.8) is 0 Å². The first-order valence-electron chi connectivity index (χ1n) is 14.9. The van der Waals surface area contributed by atoms with Gasteiger partial charge in [-0.3, -0.25) is 0 Å². The highest BCUT2D eigenvalue weighted by Gasteiger charge is 2.56. The molecule has 3 aliphatic heterocycles. The van der Waals surface area contributed by atoms with E-state index in [0.717, 1.165) is 28.6 Å². The molecule has 1 unspecified atom stereocenters. The zero-order valence-electron chi connectivity index (χ0n) is 25.1. The fourth-order valence-corrected chi connectivity index (χ4v) is 6.95. The lowest BCUT2D eigenvalue weighted by Gasteiger charge is -2.51. The van der Waals surface area contributed by atoms with Gasteiger partial charge >= 0.3 is 6.75 Å². The molecule has 0 radical (unpaired) electrons. The second-order valence-electron chi connectivity index (χ2n) is 13.8. The quantitative estimate of drug-likeness (QED) is 0.209. The number of aliphatic imine (C=N–C) groups is 1. The van der Waals surface area contributed by atoms with Crippen LogP contribution in [0.3, 0.4) is 0 Å². The van der Waals surface area contributed by atoms with E-state index in [1.165, 1.54) is 33.0 Å². The first-order valence-corrected chi connectivity index (χ1v) is 14.9. The molecule has 5 heterocycles. The summed E-state index contributed by atoms with van der Waals surface area (Å²) < 4.78 is 12.2. The Morgan fingerprint density at radius 3 is 2.29 bits per heavy atom. The Labute approximate surface area is 247 Å². The van der Waals surface area contributed by atoms with Crippen LogP contribution < -0.4 is 9.13 Å². The predicted octanol–water partition coefficient (Wildman–Crippen LogP) is 8.00. The Balaban J connectivity index is 1.61. The third kappa shape index (κ3) is 3.32. The van der Waals surface area contributed by atoms with Gasteiger partial charge in [-0.2, -0.15) is 0 Å². The number of benzene rings is 3. The number of fused-ring (bicyclic) bond motifs is 7. The fourth-order valence-electron chi connectivity index (χ4n) is 6.95. The molecule has 0 saturated carbocycles. The summed E-state index contributed by atoms with van der Waals surface area (Å²) >= 11 is 0. The van der Waals surface area contributed by atoms with E-state index in [4.69, 9.17) is 9.65 Å². The van der Waals surface area contributed by atoms with Gasteiger partial charge in [-0.05, 0) is 81.7 Å². The number of pyridine rings is 1. The molecule has 3 aromatic carbocycles. The summed E-state index contributed by atoms with van der Waals surface area (Å²) in [6.07, 6.45) is 8.31. The third-order valence-electron chi connectivity index (χ3n) is 9.08. The maximum atomic E-state index is 7.38. The van der Waals surface area contributed by atoms with Gasteiger partial charge < -0.3 is 18.4 Å². The minimum Gasteiger partial charge on any atom is -0.641 e. The van der Waals surface area contributed by atoms with Crippen molar-refractivity contribution < 1.29 is 9.13 Å². The molecule has 5 aromatic rings. The van der Waals surface area contributed by atoms with Crippen molar-refractivity contribution in [2.75, 3.05) is 0 Å². The fraction of sp³-hybridized carbons (Fsp3) is 0.222. The number of amidine groups is 1. The van der Waals surface area contributed by atoms with Gasteiger partial charge in [0.05, 0.1) is 11.4 Å². The molecule has 0 fully saturated rings. The summed E-state index contributed by atoms with van der Waals surface area (Å²) in [6.45, 7) is 11.6. The summed E-state index contributed by atoms with van der Waals surface area (Å²) in [4.78, 5) is 7.39. The van der Waals surface area contributed by atoms with E-state index in [-0.39, 0.29) is 10.8 Å². The Bertz CT molecular complexity index is 2040. The summed E-state index contributed by atoms with van der Waals surface area (Å²) in [5.41, 5.74) is 7.29. The number of allylic oxidation sites excluding steroid dienone is 2. The molecular formula is C36H35BN4O. The van der Waals surface area contributed by atoms with Crippen LogP contribution >= 0.6 is 0 Å². The zero-order valence-corrected chi connectivity index (χ0v) is 25.1. The maximum absolute atomic E-state index is 7.38. The average Bonchev–Trinajstić information content (AvgIpc) is 3.30. The van der Waals surface area contributed by atoms with Crippen LogP contribution in [0.15, 0.2) is 108 Å². The summed E-state index contributed by atoms with van der Waals surface area (Å²) in [6, 6.07) is 28.4. The average molecular weight is 551 g/mol. The monoisotopic (exact) mass is 550 g/mol. The minimum atomic E-state index is -2.11. The predicted molar refractivity (Wildman–Crippen MR) is 173 cm³/mol. The van der Waals surface area contributed by atoms with Crippen LogP contribution in [0.4, 0.5) is 5.82 Å². The van der Waals surface area contributed by atoms with Crippen LogP contribution in [0, 0.1) is 0 Å². The van der Waals surface area contributed by atoms with Gasteiger partial charge in [0, 0.05) is 39.5 Å². The van der Waals surface area contributed by atoms with Crippen molar-refractivity contribution in [1.29, 1.82) is 0 Å². The van der Waals surface area contributed by atoms with Crippen LogP contribution in [0.2, 0.25) is 0 Å². The molecule has 0 amide bonds. The van der Waals surface area contributed by atoms with Gasteiger partial charge in [-0.15, -0.1) is 0 Å². The standard InChI is InChI=1S/C36H35BN4O/c1-35(2,3)24-18-19-31-27(21-24)28-22-25(36(4,5)6)23-29-30-15-12-17-33-38-32-16-10-11-20-39(32)37(40(30)33,41(31)34(28)29)42-26-13-8-7-9-14-26/h7-23H,1-6H3. The van der Waals surface area contributed by atoms with Crippen LogP contribution in [0.1, 0.15) is 52.7 Å². The summed E-state index contributed by atoms with van der Waals surface area (Å²) in [5.74, 6) is 2.55. The van der Waals surface area contributed by atoms with Crippen molar-refractivity contribution in [2.45, 2.75) is 52.4 Å². The van der Waals surface area contributed by atoms with Crippen LogP contribution in [-0.2, 0) is 10.8 Å². The summed E-state index contributed by atoms with van der Waals surface area (Å²) in [5, 5.41) is 2.51. The molecule has 0 saturated heterocycles. The minimum absolute atomic E-state index is 0.0204. The summed E-state index contributed by atoms with van der Waals surface area (Å²) in [7, 11) is 0. The van der Waals surface area contributed by atoms with E-state index >= 15 is 0 Å². The topological polar surface area (TPSA) is 33.6 Å². The SMILES string of the molecule is CC(C)(C)c1ccc2c(c1)c1cc(C(C)(C)C)cc3c1n2[B-]1(Oc2ccccc2)N2C=CC=CC2=Nc2cccc-3[n+]21. The third-order valence-corrected chi connectivity index (χ3v) is 9.08. The number of hydrogen-bond donors (Lipinski definition) is 0. The molecule has 208 valence electrons. The second-order valence-corrected chi connectivity index (χ2v) is 13.8. The van der Waals surface area contributed by atoms with Crippen molar-refractivity contribution >= 4 is 40.2 Å². The lowest BCUT2D eigenvalue weighted by Crippen LogP contribution is -2.84. The zero-order chi connectivity index (χ0) is 29.0. The molecule has 3 aliphatic rings. The molecule has 6 heteroatoms. The second kappa shape index (κ2) is 8.25. The number of aromatic nitrogens is 2. The highest BCUT2D eigenvalue weighted by molar-refractivity contribution is 6.68. The number of hydrogen-bond acceptors (Lipinski definition) is 3. The highest BCUT2D eigenvalue weighted by Crippen LogP contribution is 2.46. The molecule has 0 N–H and O–H groups in total. The molecule has 5 nitrogen and oxygen atoms in total. The van der Waals surface area contributed by atoms with E-state index in [0.29, 0.717) is 0 Å². The molecular weight excluding hydrogens is 515 g/mol. The van der Waals surface area contributed by atoms with Crippen LogP contribution in [-0.4, -0.2) is 21.9 Å². The van der Waals surface area contributed by atoms with Gasteiger partial charge in [-0.25, -0.2) is 0 Å². The Kier molecular flexibility index (Phi) is 4.94. The number of para-hydroxylation sites is 1. The Hall–Kier alpha value is -4.58. The lowest BCUT2D eigenvalue weighted by molar-refractivity contribution is -0.545. The van der Waals surface area contributed by atoms with Gasteiger partial charge in [-0.1, -0.05) is 78.0 Å². The first-order chi connectivity index (χ1) is 20.1. The van der Waals surface area contributed by atoms with E-state index in [9.17, 15) is 0 Å². The normalized spacial score (nSPS) is 18.7. The van der Waals surface area contributed by atoms with Crippen molar-refractivity contribution in [3.05, 3.63) is 114 Å². The molecule has 0 bridgehead atoms. The lowest BCUT2D eigenvalue weighted by atomic mass is 9.70. The first kappa shape index (κ1) is 25.2. The van der Waals surface area contributed by atoms with Gasteiger partial charge in [0.25, 0.3) is 5.82 Å². The van der Waals surface area contributed by atoms with E-state index in [2.05, 4.69) is 122 Å². The number of rotatable bonds is 2. The molecule has 42 heavy (non-hydrogen) atoms. The van der Waals surface area contributed by atoms with Gasteiger partial charge in [0.1, 0.15) is 0 Å². The largest absolute Gasteiger partial charge is 0.641 e. The molecule has 2 aromatic heterocycles. The van der Waals surface area contributed by atoms with E-state index in [1.807, 2.05) is 36.4 Å². The van der Waals surface area contributed by atoms with Crippen LogP contribution in [0.5, 0.6) is 5.75 Å². The smallest absolute Gasteiger partial charge is 0.595 e. The molecule has 1 atom stereocenters. The van der Waals surface area contributed by atoms with Crippen molar-refractivity contribution in [3.8, 4) is 17.0 Å². The molecule has 0 aliphatic carbocycles. The van der Waals surface area contributed by atoms with E-state index in [1.54, 1.807) is 0 Å². The Morgan fingerprint density at radius 1 is 0.762 bits per heavy atom. The molecule has 0 spiro atoms. The number of nitrogens with zero attached hydrogens (tertiary/aromatic N) is 4. The van der Waals surface area contributed by atoms with Gasteiger partial charge in [0.2, 0.25) is 5.84 Å². The van der Waals surface area contributed by atoms with Crippen molar-refractivity contribution in [1.82, 2.24) is 9.29 Å². The maximum Gasteiger partial charge on any atom is 0.595 e. The van der Waals surface area contributed by atoms with E-state index < -0.39 is 6.75 Å². The van der Waals surface area contributed by atoms with Gasteiger partial charge in [0.15, 0.2) is 0 Å². The molecule has 8 rings (SSSR count). The highest BCUT2D eigenvalue weighted by atomic mass is 16.5. The Morgan fingerprint density at radius 2 is 1.52 bits per heavy atom. The van der Waals surface area contributed by atoms with Crippen molar-refractivity contribution in [2.24, 2.45) is 4.99 Å². The van der Waals surface area contributed by atoms with Crippen LogP contribution in [0.25, 0.3) is 33.1 Å².